The molecule has 0 unspecified atom stereocenters. The minimum absolute atomic E-state index is 0.502. The van der Waals surface area contributed by atoms with E-state index in [1.165, 1.54) is 0 Å². The van der Waals surface area contributed by atoms with Gasteiger partial charge in [0.25, 0.3) is 0 Å². The molecule has 0 fully saturated rings. The summed E-state index contributed by atoms with van der Waals surface area (Å²) in [5.74, 6) is 0.728. The van der Waals surface area contributed by atoms with Gasteiger partial charge in [-0.1, -0.05) is 0 Å². The maximum atomic E-state index is 10.3. The third-order valence-electron chi connectivity index (χ3n) is 1.50. The second-order valence-corrected chi connectivity index (χ2v) is 2.63. The lowest BCUT2D eigenvalue weighted by atomic mass is 10.5. The van der Waals surface area contributed by atoms with Gasteiger partial charge in [0.15, 0.2) is 0 Å². The minimum Gasteiger partial charge on any atom is -0.352 e. The van der Waals surface area contributed by atoms with Gasteiger partial charge < -0.3 is 16.4 Å². The number of nitrogens with two attached hydrogens (primary N) is 1. The molecule has 76 valence electrons. The molecule has 0 bridgehead atoms. The smallest absolute Gasteiger partial charge is 0.312 e. The van der Waals surface area contributed by atoms with Gasteiger partial charge in [-0.2, -0.15) is 0 Å². The first-order valence-electron chi connectivity index (χ1n) is 4.29. The van der Waals surface area contributed by atoms with Crippen LogP contribution in [-0.4, -0.2) is 29.1 Å². The number of carbonyl (C=O) groups is 1. The summed E-state index contributed by atoms with van der Waals surface area (Å²) in [6.45, 7) is 1.73. The summed E-state index contributed by atoms with van der Waals surface area (Å²) in [5.41, 5.74) is 4.88. The fourth-order valence-corrected chi connectivity index (χ4v) is 0.896. The van der Waals surface area contributed by atoms with Crippen LogP contribution in [-0.2, 0) is 6.54 Å². The molecule has 6 nitrogen and oxygen atoms in total. The fourth-order valence-electron chi connectivity index (χ4n) is 0.896. The van der Waals surface area contributed by atoms with Gasteiger partial charge in [0, 0.05) is 25.5 Å². The lowest BCUT2D eigenvalue weighted by Crippen LogP contribution is -2.35. The first-order valence-corrected chi connectivity index (χ1v) is 4.29. The maximum absolute atomic E-state index is 10.3. The zero-order chi connectivity index (χ0) is 10.2. The van der Waals surface area contributed by atoms with Crippen LogP contribution in [0.2, 0.25) is 0 Å². The van der Waals surface area contributed by atoms with Crippen molar-refractivity contribution >= 4 is 6.03 Å². The van der Waals surface area contributed by atoms with Gasteiger partial charge in [0.1, 0.15) is 5.82 Å². The number of nitrogens with zero attached hydrogens (tertiary/aromatic N) is 2. The molecule has 1 rings (SSSR count). The summed E-state index contributed by atoms with van der Waals surface area (Å²) in [5, 5.41) is 5.53. The molecule has 6 heteroatoms. The zero-order valence-electron chi connectivity index (χ0n) is 7.73. The molecule has 1 aromatic rings. The number of nitrogens with one attached hydrogen (secondary N) is 2. The fraction of sp³-hybridized carbons (Fsp3) is 0.375. The minimum atomic E-state index is -0.511. The average molecular weight is 195 g/mol. The summed E-state index contributed by atoms with van der Waals surface area (Å²) in [6.07, 6.45) is 3.37. The van der Waals surface area contributed by atoms with Crippen LogP contribution in [0.4, 0.5) is 4.79 Å². The molecule has 0 aliphatic rings. The molecule has 0 spiro atoms. The molecule has 4 N–H and O–H groups in total. The van der Waals surface area contributed by atoms with Gasteiger partial charge in [0.05, 0.1) is 6.54 Å². The standard InChI is InChI=1S/C8H13N5O/c9-8(14)13-5-4-10-6-7-11-2-1-3-12-7/h1-3,10H,4-6H2,(H3,9,13,14). The molecular formula is C8H13N5O. The van der Waals surface area contributed by atoms with E-state index < -0.39 is 6.03 Å². The quantitative estimate of drug-likeness (QED) is 0.538. The number of primary amides is 1. The lowest BCUT2D eigenvalue weighted by molar-refractivity contribution is 0.249. The normalized spacial score (nSPS) is 9.71. The molecular weight excluding hydrogens is 182 g/mol. The van der Waals surface area contributed by atoms with E-state index in [1.807, 2.05) is 0 Å². The Morgan fingerprint density at radius 3 is 2.71 bits per heavy atom. The SMILES string of the molecule is NC(=O)NCCNCc1ncccn1. The molecule has 14 heavy (non-hydrogen) atoms. The van der Waals surface area contributed by atoms with Crippen molar-refractivity contribution in [3.8, 4) is 0 Å². The van der Waals surface area contributed by atoms with Crippen LogP contribution in [0.5, 0.6) is 0 Å². The number of carbonyl (C=O) groups excluding carboxylic acids is 1. The molecule has 0 radical (unpaired) electrons. The first-order chi connectivity index (χ1) is 6.79. The Kier molecular flexibility index (Phi) is 4.36. The van der Waals surface area contributed by atoms with Gasteiger partial charge in [-0.3, -0.25) is 0 Å². The Morgan fingerprint density at radius 1 is 1.36 bits per heavy atom. The van der Waals surface area contributed by atoms with Crippen molar-refractivity contribution in [1.82, 2.24) is 20.6 Å². The highest BCUT2D eigenvalue weighted by molar-refractivity contribution is 5.71. The van der Waals surface area contributed by atoms with Crippen LogP contribution in [0, 0.1) is 0 Å². The summed E-state index contributed by atoms with van der Waals surface area (Å²) >= 11 is 0. The van der Waals surface area contributed by atoms with E-state index in [0.29, 0.717) is 19.6 Å². The van der Waals surface area contributed by atoms with Crippen molar-refractivity contribution in [2.75, 3.05) is 13.1 Å². The number of rotatable bonds is 5. The van der Waals surface area contributed by atoms with Gasteiger partial charge in [0.2, 0.25) is 0 Å². The Morgan fingerprint density at radius 2 is 2.07 bits per heavy atom. The van der Waals surface area contributed by atoms with Crippen molar-refractivity contribution < 1.29 is 4.79 Å². The molecule has 1 heterocycles. The number of aromatic nitrogens is 2. The van der Waals surface area contributed by atoms with Crippen LogP contribution in [0.3, 0.4) is 0 Å². The Labute approximate surface area is 81.9 Å². The highest BCUT2D eigenvalue weighted by Gasteiger charge is 1.93. The van der Waals surface area contributed by atoms with Crippen molar-refractivity contribution in [3.63, 3.8) is 0 Å². The van der Waals surface area contributed by atoms with E-state index in [4.69, 9.17) is 5.73 Å². The predicted molar refractivity (Wildman–Crippen MR) is 51.3 cm³/mol. The molecule has 0 aliphatic heterocycles. The summed E-state index contributed by atoms with van der Waals surface area (Å²) < 4.78 is 0. The van der Waals surface area contributed by atoms with Crippen LogP contribution >= 0.6 is 0 Å². The number of hydrogen-bond donors (Lipinski definition) is 3. The first kappa shape index (κ1) is 10.4. The predicted octanol–water partition coefficient (Wildman–Crippen LogP) is -0.766. The molecule has 1 aromatic heterocycles. The van der Waals surface area contributed by atoms with E-state index in [-0.39, 0.29) is 0 Å². The van der Waals surface area contributed by atoms with Crippen LogP contribution in [0.25, 0.3) is 0 Å². The average Bonchev–Trinajstić information content (AvgIpc) is 2.18. The van der Waals surface area contributed by atoms with E-state index in [0.717, 1.165) is 5.82 Å². The van der Waals surface area contributed by atoms with Crippen molar-refractivity contribution in [2.24, 2.45) is 5.73 Å². The lowest BCUT2D eigenvalue weighted by Gasteiger charge is -2.03. The van der Waals surface area contributed by atoms with Crippen LogP contribution in [0.1, 0.15) is 5.82 Å². The van der Waals surface area contributed by atoms with Crippen LogP contribution < -0.4 is 16.4 Å². The second-order valence-electron chi connectivity index (χ2n) is 2.63. The molecule has 0 saturated heterocycles. The Hall–Kier alpha value is -1.69. The zero-order valence-corrected chi connectivity index (χ0v) is 7.73. The van der Waals surface area contributed by atoms with E-state index in [1.54, 1.807) is 18.5 Å². The Balaban J connectivity index is 2.08. The molecule has 0 atom stereocenters. The monoisotopic (exact) mass is 195 g/mol. The molecule has 0 aliphatic carbocycles. The molecule has 2 amide bonds. The van der Waals surface area contributed by atoms with Crippen molar-refractivity contribution in [1.29, 1.82) is 0 Å². The van der Waals surface area contributed by atoms with Crippen molar-refractivity contribution in [2.45, 2.75) is 6.54 Å². The van der Waals surface area contributed by atoms with E-state index >= 15 is 0 Å². The van der Waals surface area contributed by atoms with Crippen molar-refractivity contribution in [3.05, 3.63) is 24.3 Å². The second kappa shape index (κ2) is 5.87. The largest absolute Gasteiger partial charge is 0.352 e. The maximum Gasteiger partial charge on any atom is 0.312 e. The number of amides is 2. The summed E-state index contributed by atoms with van der Waals surface area (Å²) in [7, 11) is 0. The number of urea groups is 1. The van der Waals surface area contributed by atoms with Crippen LogP contribution in [0.15, 0.2) is 18.5 Å². The van der Waals surface area contributed by atoms with Gasteiger partial charge >= 0.3 is 6.03 Å². The number of hydrogen-bond acceptors (Lipinski definition) is 4. The topological polar surface area (TPSA) is 92.9 Å². The van der Waals surface area contributed by atoms with E-state index in [9.17, 15) is 4.79 Å². The highest BCUT2D eigenvalue weighted by Crippen LogP contribution is 1.84. The third kappa shape index (κ3) is 4.36. The molecule has 0 saturated carbocycles. The molecule has 0 aromatic carbocycles. The van der Waals surface area contributed by atoms with Gasteiger partial charge in [-0.15, -0.1) is 0 Å². The third-order valence-corrected chi connectivity index (χ3v) is 1.50. The summed E-state index contributed by atoms with van der Waals surface area (Å²) in [6, 6.07) is 1.25. The van der Waals surface area contributed by atoms with Gasteiger partial charge in [-0.05, 0) is 6.07 Å². The van der Waals surface area contributed by atoms with E-state index in [2.05, 4.69) is 20.6 Å². The van der Waals surface area contributed by atoms with Gasteiger partial charge in [-0.25, -0.2) is 14.8 Å². The Bertz CT molecular complexity index is 276. The summed E-state index contributed by atoms with van der Waals surface area (Å²) in [4.78, 5) is 18.3. The highest BCUT2D eigenvalue weighted by atomic mass is 16.2.